The molecule has 0 aromatic heterocycles. The summed E-state index contributed by atoms with van der Waals surface area (Å²) >= 11 is 0. The lowest BCUT2D eigenvalue weighted by molar-refractivity contribution is -0.188. The van der Waals surface area contributed by atoms with E-state index in [9.17, 15) is 28.3 Å². The fourth-order valence-electron chi connectivity index (χ4n) is 3.22. The Morgan fingerprint density at radius 2 is 2.08 bits per heavy atom. The molecular weight excluding hydrogens is 352 g/mol. The van der Waals surface area contributed by atoms with Gasteiger partial charge in [0.25, 0.3) is 0 Å². The Morgan fingerprint density at radius 3 is 2.62 bits per heavy atom. The number of nitrogens with one attached hydrogen (secondary N) is 1. The van der Waals surface area contributed by atoms with Crippen LogP contribution >= 0.6 is 0 Å². The lowest BCUT2D eigenvalue weighted by atomic mass is 9.66. The van der Waals surface area contributed by atoms with Crippen LogP contribution in [0.5, 0.6) is 0 Å². The fraction of sp³-hybridized carbons (Fsp3) is 0.812. The van der Waals surface area contributed by atoms with Crippen LogP contribution in [0.3, 0.4) is 0 Å². The molecule has 10 heteroatoms. The topological polar surface area (TPSA) is 99.2 Å². The van der Waals surface area contributed by atoms with Crippen LogP contribution in [0.25, 0.3) is 0 Å². The van der Waals surface area contributed by atoms with Gasteiger partial charge in [0.05, 0.1) is 25.2 Å². The van der Waals surface area contributed by atoms with Crippen molar-refractivity contribution in [2.45, 2.75) is 31.7 Å². The van der Waals surface area contributed by atoms with Gasteiger partial charge in [0.1, 0.15) is 6.61 Å². The van der Waals surface area contributed by atoms with Crippen LogP contribution in [0.2, 0.25) is 0 Å². The number of halogens is 2. The number of rotatable bonds is 7. The molecule has 0 radical (unpaired) electrons. The molecule has 2 N–H and O–H groups in total. The number of carbonyl (C=O) groups is 3. The van der Waals surface area contributed by atoms with Crippen molar-refractivity contribution in [3.8, 4) is 0 Å². The highest BCUT2D eigenvalue weighted by Crippen LogP contribution is 2.51. The van der Waals surface area contributed by atoms with Crippen molar-refractivity contribution < 1.29 is 33.0 Å². The average molecular weight is 377 g/mol. The van der Waals surface area contributed by atoms with E-state index in [1.807, 2.05) is 0 Å². The van der Waals surface area contributed by atoms with Gasteiger partial charge in [0, 0.05) is 39.0 Å². The number of ether oxygens (including phenoxy) is 1. The highest BCUT2D eigenvalue weighted by molar-refractivity contribution is 5.86. The van der Waals surface area contributed by atoms with Gasteiger partial charge in [-0.05, 0) is 6.92 Å². The van der Waals surface area contributed by atoms with Gasteiger partial charge >= 0.3 is 0 Å². The number of amides is 3. The molecule has 1 aliphatic heterocycles. The van der Waals surface area contributed by atoms with Crippen molar-refractivity contribution in [1.82, 2.24) is 15.1 Å². The van der Waals surface area contributed by atoms with Crippen LogP contribution in [0.1, 0.15) is 19.8 Å². The number of aliphatic hydroxyl groups is 1. The van der Waals surface area contributed by atoms with E-state index in [0.29, 0.717) is 13.2 Å². The maximum absolute atomic E-state index is 13.1. The molecule has 0 aromatic carbocycles. The van der Waals surface area contributed by atoms with Gasteiger partial charge in [0.2, 0.25) is 23.6 Å². The van der Waals surface area contributed by atoms with E-state index in [4.69, 9.17) is 4.74 Å². The molecule has 148 valence electrons. The summed E-state index contributed by atoms with van der Waals surface area (Å²) in [6.45, 7) is 1.75. The highest BCUT2D eigenvalue weighted by Gasteiger charge is 2.60. The van der Waals surface area contributed by atoms with Gasteiger partial charge < -0.3 is 25.0 Å². The van der Waals surface area contributed by atoms with Crippen molar-refractivity contribution in [1.29, 1.82) is 0 Å². The van der Waals surface area contributed by atoms with Crippen molar-refractivity contribution in [3.05, 3.63) is 0 Å². The average Bonchev–Trinajstić information content (AvgIpc) is 2.53. The fourth-order valence-corrected chi connectivity index (χ4v) is 3.22. The van der Waals surface area contributed by atoms with Crippen LogP contribution < -0.4 is 5.32 Å². The summed E-state index contributed by atoms with van der Waals surface area (Å²) in [6.07, 6.45) is -1.36. The monoisotopic (exact) mass is 377 g/mol. The van der Waals surface area contributed by atoms with Crippen LogP contribution in [0, 0.1) is 5.41 Å². The Morgan fingerprint density at radius 1 is 1.42 bits per heavy atom. The number of morpholine rings is 1. The molecule has 2 rings (SSSR count). The van der Waals surface area contributed by atoms with E-state index >= 15 is 0 Å². The maximum Gasteiger partial charge on any atom is 0.250 e. The van der Waals surface area contributed by atoms with Gasteiger partial charge in [-0.1, -0.05) is 0 Å². The van der Waals surface area contributed by atoms with E-state index < -0.39 is 42.7 Å². The van der Waals surface area contributed by atoms with Gasteiger partial charge in [-0.15, -0.1) is 0 Å². The largest absolute Gasteiger partial charge is 0.395 e. The number of hydrogen-bond donors (Lipinski definition) is 2. The molecular formula is C16H25F2N3O5. The summed E-state index contributed by atoms with van der Waals surface area (Å²) in [5.41, 5.74) is -1.46. The Balaban J connectivity index is 1.81. The molecule has 0 bridgehead atoms. The first-order chi connectivity index (χ1) is 12.1. The Labute approximate surface area is 150 Å². The van der Waals surface area contributed by atoms with Gasteiger partial charge in [-0.25, -0.2) is 8.78 Å². The van der Waals surface area contributed by atoms with E-state index in [-0.39, 0.29) is 31.5 Å². The highest BCUT2D eigenvalue weighted by atomic mass is 19.3. The number of aliphatic hydroxyl groups excluding tert-OH is 1. The van der Waals surface area contributed by atoms with Crippen LogP contribution in [-0.4, -0.2) is 91.1 Å². The maximum atomic E-state index is 13.1. The first-order valence-corrected chi connectivity index (χ1v) is 8.48. The molecule has 0 unspecified atom stereocenters. The number of likely N-dealkylation sites (N-methyl/N-ethyl adjacent to an activating group) is 1. The summed E-state index contributed by atoms with van der Waals surface area (Å²) in [4.78, 5) is 38.9. The zero-order valence-corrected chi connectivity index (χ0v) is 15.0. The molecule has 26 heavy (non-hydrogen) atoms. The molecule has 3 amide bonds. The number of nitrogens with zero attached hydrogens (tertiary/aromatic N) is 2. The van der Waals surface area contributed by atoms with Crippen molar-refractivity contribution >= 4 is 17.7 Å². The Bertz CT molecular complexity index is 564. The third kappa shape index (κ3) is 4.67. The minimum absolute atomic E-state index is 0.0443. The first-order valence-electron chi connectivity index (χ1n) is 8.48. The van der Waals surface area contributed by atoms with E-state index in [1.165, 1.54) is 16.8 Å². The van der Waals surface area contributed by atoms with Crippen molar-refractivity contribution in [2.75, 3.05) is 46.5 Å². The summed E-state index contributed by atoms with van der Waals surface area (Å²) in [7, 11) is 1.54. The van der Waals surface area contributed by atoms with E-state index in [1.54, 1.807) is 6.92 Å². The molecule has 1 saturated heterocycles. The number of carbonyl (C=O) groups excluding carboxylic acids is 3. The molecule has 1 heterocycles. The SMILES string of the molecule is C[C@@H](CN(C)C(=O)CN1CCOCC1=O)NC(=O)C1(CO)CC(F)(F)C1. The number of alkyl halides is 2. The van der Waals surface area contributed by atoms with Gasteiger partial charge in [0.15, 0.2) is 0 Å². The Kier molecular flexibility index (Phi) is 6.17. The Hall–Kier alpha value is -1.81. The minimum Gasteiger partial charge on any atom is -0.395 e. The molecule has 2 fully saturated rings. The predicted molar refractivity (Wildman–Crippen MR) is 86.3 cm³/mol. The lowest BCUT2D eigenvalue weighted by Crippen LogP contribution is -2.59. The lowest BCUT2D eigenvalue weighted by Gasteiger charge is -2.45. The first kappa shape index (κ1) is 20.5. The van der Waals surface area contributed by atoms with Crippen LogP contribution in [0.15, 0.2) is 0 Å². The van der Waals surface area contributed by atoms with Gasteiger partial charge in [-0.2, -0.15) is 0 Å². The quantitative estimate of drug-likeness (QED) is 0.606. The molecule has 0 aromatic rings. The molecule has 1 saturated carbocycles. The van der Waals surface area contributed by atoms with Crippen LogP contribution in [-0.2, 0) is 19.1 Å². The molecule has 8 nitrogen and oxygen atoms in total. The second-order valence-electron chi connectivity index (χ2n) is 7.16. The third-order valence-electron chi connectivity index (χ3n) is 4.74. The molecule has 1 aliphatic carbocycles. The van der Waals surface area contributed by atoms with Gasteiger partial charge in [-0.3, -0.25) is 14.4 Å². The summed E-state index contributed by atoms with van der Waals surface area (Å²) < 4.78 is 31.2. The van der Waals surface area contributed by atoms with Crippen molar-refractivity contribution in [3.63, 3.8) is 0 Å². The third-order valence-corrected chi connectivity index (χ3v) is 4.74. The normalized spacial score (nSPS) is 22.3. The van der Waals surface area contributed by atoms with E-state index in [2.05, 4.69) is 5.32 Å². The summed E-state index contributed by atoms with van der Waals surface area (Å²) in [5, 5.41) is 11.9. The van der Waals surface area contributed by atoms with Crippen LogP contribution in [0.4, 0.5) is 8.78 Å². The second-order valence-corrected chi connectivity index (χ2v) is 7.16. The number of hydrogen-bond acceptors (Lipinski definition) is 5. The predicted octanol–water partition coefficient (Wildman–Crippen LogP) is -0.784. The molecule has 2 aliphatic rings. The zero-order chi connectivity index (χ0) is 19.5. The smallest absolute Gasteiger partial charge is 0.250 e. The molecule has 1 atom stereocenters. The summed E-state index contributed by atoms with van der Waals surface area (Å²) in [6, 6.07) is -0.491. The second kappa shape index (κ2) is 7.83. The zero-order valence-electron chi connectivity index (χ0n) is 15.0. The molecule has 0 spiro atoms. The van der Waals surface area contributed by atoms with E-state index in [0.717, 1.165) is 0 Å². The summed E-state index contributed by atoms with van der Waals surface area (Å²) in [5.74, 6) is -4.12. The standard InChI is InChI=1S/C16H25F2N3O5/c1-11(19-14(25)15(10-22)8-16(17,18)9-15)5-20(2)12(23)6-21-3-4-26-7-13(21)24/h11,22H,3-10H2,1-2H3,(H,19,25)/t11-/m0/s1. The minimum atomic E-state index is -2.93. The van der Waals surface area contributed by atoms with Crippen molar-refractivity contribution in [2.24, 2.45) is 5.41 Å².